The van der Waals surface area contributed by atoms with Gasteiger partial charge in [-0.1, -0.05) is 13.0 Å². The van der Waals surface area contributed by atoms with Gasteiger partial charge in [0.15, 0.2) is 0 Å². The Balaban J connectivity index is 2.39. The molecular formula is C15H19FN2S. The number of aromatic nitrogens is 1. The second-order valence-corrected chi connectivity index (χ2v) is 5.26. The summed E-state index contributed by atoms with van der Waals surface area (Å²) >= 11 is 1.63. The van der Waals surface area contributed by atoms with Crippen molar-refractivity contribution in [3.63, 3.8) is 0 Å². The number of hydrogen-bond donors (Lipinski definition) is 0. The van der Waals surface area contributed by atoms with Crippen molar-refractivity contribution < 1.29 is 4.39 Å². The van der Waals surface area contributed by atoms with Gasteiger partial charge >= 0.3 is 0 Å². The predicted octanol–water partition coefficient (Wildman–Crippen LogP) is 4.36. The summed E-state index contributed by atoms with van der Waals surface area (Å²) in [7, 11) is 0. The molecule has 0 spiro atoms. The zero-order valence-electron chi connectivity index (χ0n) is 11.6. The summed E-state index contributed by atoms with van der Waals surface area (Å²) in [5.74, 6) is -0.170. The van der Waals surface area contributed by atoms with Crippen molar-refractivity contribution in [2.45, 2.75) is 27.2 Å². The van der Waals surface area contributed by atoms with Crippen molar-refractivity contribution in [3.8, 4) is 11.3 Å². The van der Waals surface area contributed by atoms with Crippen LogP contribution in [0.25, 0.3) is 11.3 Å². The van der Waals surface area contributed by atoms with E-state index < -0.39 is 0 Å². The van der Waals surface area contributed by atoms with E-state index in [2.05, 4.69) is 11.9 Å². The van der Waals surface area contributed by atoms with Gasteiger partial charge in [0.05, 0.1) is 16.9 Å². The summed E-state index contributed by atoms with van der Waals surface area (Å²) < 4.78 is 14.2. The maximum absolute atomic E-state index is 14.2. The van der Waals surface area contributed by atoms with Crippen LogP contribution in [0.15, 0.2) is 23.7 Å². The number of hydrogen-bond acceptors (Lipinski definition) is 3. The highest BCUT2D eigenvalue weighted by Crippen LogP contribution is 2.29. The van der Waals surface area contributed by atoms with E-state index in [9.17, 15) is 4.39 Å². The van der Waals surface area contributed by atoms with Gasteiger partial charge in [-0.15, -0.1) is 11.3 Å². The highest BCUT2D eigenvalue weighted by molar-refractivity contribution is 7.10. The third-order valence-corrected chi connectivity index (χ3v) is 4.26. The summed E-state index contributed by atoms with van der Waals surface area (Å²) in [5.41, 5.74) is 4.27. The monoisotopic (exact) mass is 278 g/mol. The molecule has 0 bridgehead atoms. The van der Waals surface area contributed by atoms with Crippen LogP contribution in [0, 0.1) is 5.82 Å². The molecule has 0 saturated heterocycles. The third-order valence-electron chi connectivity index (χ3n) is 3.29. The Morgan fingerprint density at radius 3 is 2.53 bits per heavy atom. The van der Waals surface area contributed by atoms with E-state index in [4.69, 9.17) is 0 Å². The average Bonchev–Trinajstić information content (AvgIpc) is 2.90. The first-order chi connectivity index (χ1) is 9.21. The highest BCUT2D eigenvalue weighted by atomic mass is 32.1. The molecule has 4 heteroatoms. The Kier molecular flexibility index (Phi) is 4.53. The lowest BCUT2D eigenvalue weighted by atomic mass is 10.1. The molecule has 2 rings (SSSR count). The molecule has 1 heterocycles. The van der Waals surface area contributed by atoms with Gasteiger partial charge in [0, 0.05) is 23.5 Å². The van der Waals surface area contributed by atoms with Gasteiger partial charge in [0.2, 0.25) is 0 Å². The Labute approximate surface area is 117 Å². The molecule has 0 N–H and O–H groups in total. The van der Waals surface area contributed by atoms with Gasteiger partial charge in [-0.05, 0) is 32.4 Å². The quantitative estimate of drug-likeness (QED) is 0.808. The molecule has 1 aromatic carbocycles. The summed E-state index contributed by atoms with van der Waals surface area (Å²) in [6.07, 6.45) is 0.930. The first-order valence-corrected chi connectivity index (χ1v) is 7.56. The second kappa shape index (κ2) is 6.15. The normalized spacial score (nSPS) is 10.7. The molecular weight excluding hydrogens is 259 g/mol. The van der Waals surface area contributed by atoms with Crippen LogP contribution in [0.1, 0.15) is 25.6 Å². The van der Waals surface area contributed by atoms with Gasteiger partial charge in [-0.3, -0.25) is 0 Å². The number of nitrogens with zero attached hydrogens (tertiary/aromatic N) is 2. The molecule has 0 aliphatic heterocycles. The van der Waals surface area contributed by atoms with Gasteiger partial charge < -0.3 is 4.90 Å². The third kappa shape index (κ3) is 2.78. The first kappa shape index (κ1) is 14.0. The Morgan fingerprint density at radius 2 is 1.95 bits per heavy atom. The number of aryl methyl sites for hydroxylation is 1. The first-order valence-electron chi connectivity index (χ1n) is 6.68. The van der Waals surface area contributed by atoms with Crippen LogP contribution < -0.4 is 4.90 Å². The van der Waals surface area contributed by atoms with Crippen LogP contribution in [0.3, 0.4) is 0 Å². The lowest BCUT2D eigenvalue weighted by molar-refractivity contribution is 0.620. The lowest BCUT2D eigenvalue weighted by Gasteiger charge is -2.21. The fourth-order valence-corrected chi connectivity index (χ4v) is 2.97. The lowest BCUT2D eigenvalue weighted by Crippen LogP contribution is -2.22. The minimum absolute atomic E-state index is 0.170. The van der Waals surface area contributed by atoms with Crippen LogP contribution in [0.4, 0.5) is 10.1 Å². The van der Waals surface area contributed by atoms with Crippen LogP contribution in [0.2, 0.25) is 0 Å². The van der Waals surface area contributed by atoms with Crippen molar-refractivity contribution in [2.75, 3.05) is 18.0 Å². The van der Waals surface area contributed by atoms with E-state index >= 15 is 0 Å². The molecule has 102 valence electrons. The van der Waals surface area contributed by atoms with E-state index in [1.807, 2.05) is 36.4 Å². The summed E-state index contributed by atoms with van der Waals surface area (Å²) in [5, 5.41) is 0. The van der Waals surface area contributed by atoms with E-state index in [0.29, 0.717) is 5.69 Å². The van der Waals surface area contributed by atoms with Crippen molar-refractivity contribution >= 4 is 17.0 Å². The number of benzene rings is 1. The molecule has 0 amide bonds. The molecule has 0 aliphatic rings. The molecule has 0 fully saturated rings. The standard InChI is InChI=1S/C15H19FN2S/c1-4-14-15(17-10-19-14)11-7-8-13(12(16)9-11)18(5-2)6-3/h7-10H,4-6H2,1-3H3. The summed E-state index contributed by atoms with van der Waals surface area (Å²) in [6.45, 7) is 7.78. The van der Waals surface area contributed by atoms with Crippen LogP contribution in [-0.4, -0.2) is 18.1 Å². The van der Waals surface area contributed by atoms with Gasteiger partial charge in [0.1, 0.15) is 5.82 Å². The number of rotatable bonds is 5. The second-order valence-electron chi connectivity index (χ2n) is 4.32. The Hall–Kier alpha value is -1.42. The molecule has 2 aromatic rings. The summed E-state index contributed by atoms with van der Waals surface area (Å²) in [4.78, 5) is 7.57. The van der Waals surface area contributed by atoms with E-state index in [0.717, 1.165) is 30.8 Å². The topological polar surface area (TPSA) is 16.1 Å². The van der Waals surface area contributed by atoms with Crippen LogP contribution >= 0.6 is 11.3 Å². The summed E-state index contributed by atoms with van der Waals surface area (Å²) in [6, 6.07) is 5.42. The largest absolute Gasteiger partial charge is 0.370 e. The van der Waals surface area contributed by atoms with Crippen LogP contribution in [0.5, 0.6) is 0 Å². The van der Waals surface area contributed by atoms with Crippen molar-refractivity contribution in [1.29, 1.82) is 0 Å². The number of thiazole rings is 1. The SMILES string of the molecule is CCc1scnc1-c1ccc(N(CC)CC)c(F)c1. The van der Waals surface area contributed by atoms with Gasteiger partial charge in [0.25, 0.3) is 0 Å². The minimum atomic E-state index is -0.170. The van der Waals surface area contributed by atoms with Gasteiger partial charge in [-0.2, -0.15) is 0 Å². The highest BCUT2D eigenvalue weighted by Gasteiger charge is 2.12. The van der Waals surface area contributed by atoms with Gasteiger partial charge in [-0.25, -0.2) is 9.37 Å². The number of anilines is 1. The smallest absolute Gasteiger partial charge is 0.147 e. The Bertz CT molecular complexity index is 547. The maximum Gasteiger partial charge on any atom is 0.147 e. The van der Waals surface area contributed by atoms with Crippen molar-refractivity contribution in [3.05, 3.63) is 34.4 Å². The van der Waals surface area contributed by atoms with Crippen molar-refractivity contribution in [2.24, 2.45) is 0 Å². The van der Waals surface area contributed by atoms with Crippen LogP contribution in [-0.2, 0) is 6.42 Å². The average molecular weight is 278 g/mol. The van der Waals surface area contributed by atoms with E-state index in [-0.39, 0.29) is 5.82 Å². The fourth-order valence-electron chi connectivity index (χ4n) is 2.23. The molecule has 19 heavy (non-hydrogen) atoms. The molecule has 0 radical (unpaired) electrons. The fraction of sp³-hybridized carbons (Fsp3) is 0.400. The molecule has 0 aliphatic carbocycles. The van der Waals surface area contributed by atoms with Crippen molar-refractivity contribution in [1.82, 2.24) is 4.98 Å². The molecule has 2 nitrogen and oxygen atoms in total. The molecule has 1 aromatic heterocycles. The van der Waals surface area contributed by atoms with E-state index in [1.165, 1.54) is 4.88 Å². The zero-order chi connectivity index (χ0) is 13.8. The number of halogens is 1. The molecule has 0 atom stereocenters. The zero-order valence-corrected chi connectivity index (χ0v) is 12.4. The molecule has 0 unspecified atom stereocenters. The maximum atomic E-state index is 14.2. The van der Waals surface area contributed by atoms with E-state index in [1.54, 1.807) is 17.4 Å². The Morgan fingerprint density at radius 1 is 1.21 bits per heavy atom. The minimum Gasteiger partial charge on any atom is -0.370 e. The predicted molar refractivity (Wildman–Crippen MR) is 80.4 cm³/mol. The molecule has 0 saturated carbocycles.